The van der Waals surface area contributed by atoms with Gasteiger partial charge in [0.2, 0.25) is 29.1 Å². The minimum atomic E-state index is -2.39. The SMILES string of the molecule is CCOc1cccc2cc(-c3cc(=O)oc4cc(OC(=O)C(C)Oc5c(F)c(F)c(F)c(F)c5F)ccc34)c(=O)oc12. The standard InChI is InChI=1S/C29H17F5O8/c1-3-38-18-6-4-5-13-9-17(29(37)42-26(13)18)16-11-20(35)41-19-10-14(7-8-15(16)19)40-28(36)12(2)39-27-24(33)22(31)21(30)23(32)25(27)34/h4-12H,3H2,1-2H3. The van der Waals surface area contributed by atoms with Crippen LogP contribution in [0.3, 0.4) is 0 Å². The fourth-order valence-corrected chi connectivity index (χ4v) is 4.12. The van der Waals surface area contributed by atoms with Gasteiger partial charge in [-0.05, 0) is 38.1 Å². The van der Waals surface area contributed by atoms with E-state index in [-0.39, 0.29) is 33.4 Å². The zero-order valence-electron chi connectivity index (χ0n) is 21.6. The molecule has 13 heteroatoms. The maximum atomic E-state index is 13.9. The van der Waals surface area contributed by atoms with Crippen LogP contribution in [0, 0.1) is 29.1 Å². The predicted octanol–water partition coefficient (Wildman–Crippen LogP) is 6.03. The lowest BCUT2D eigenvalue weighted by atomic mass is 10.0. The molecule has 0 aliphatic carbocycles. The molecule has 8 nitrogen and oxygen atoms in total. The molecule has 42 heavy (non-hydrogen) atoms. The number of carbonyl (C=O) groups excluding carboxylic acids is 1. The largest absolute Gasteiger partial charge is 0.490 e. The normalized spacial score (nSPS) is 12.0. The van der Waals surface area contributed by atoms with Crippen LogP contribution in [0.2, 0.25) is 0 Å². The molecule has 0 aliphatic heterocycles. The maximum absolute atomic E-state index is 13.9. The van der Waals surface area contributed by atoms with Crippen molar-refractivity contribution in [1.82, 2.24) is 0 Å². The van der Waals surface area contributed by atoms with Crippen LogP contribution in [0.15, 0.2) is 67.0 Å². The third kappa shape index (κ3) is 5.04. The molecule has 1 atom stereocenters. The van der Waals surface area contributed by atoms with Crippen LogP contribution < -0.4 is 25.5 Å². The van der Waals surface area contributed by atoms with Crippen molar-refractivity contribution in [3.05, 3.63) is 98.5 Å². The van der Waals surface area contributed by atoms with E-state index in [9.17, 15) is 36.3 Å². The number of rotatable bonds is 7. The maximum Gasteiger partial charge on any atom is 0.352 e. The number of carbonyl (C=O) groups is 1. The van der Waals surface area contributed by atoms with Crippen LogP contribution >= 0.6 is 0 Å². The molecule has 5 aromatic rings. The monoisotopic (exact) mass is 588 g/mol. The van der Waals surface area contributed by atoms with E-state index < -0.39 is 58.2 Å². The predicted molar refractivity (Wildman–Crippen MR) is 137 cm³/mol. The highest BCUT2D eigenvalue weighted by molar-refractivity contribution is 5.96. The van der Waals surface area contributed by atoms with Crippen LogP contribution in [0.25, 0.3) is 33.1 Å². The fraction of sp³-hybridized carbons (Fsp3) is 0.138. The van der Waals surface area contributed by atoms with Gasteiger partial charge in [0.15, 0.2) is 23.2 Å². The molecule has 3 aromatic carbocycles. The van der Waals surface area contributed by atoms with Gasteiger partial charge < -0.3 is 23.0 Å². The van der Waals surface area contributed by atoms with Gasteiger partial charge in [-0.2, -0.15) is 8.78 Å². The van der Waals surface area contributed by atoms with Crippen molar-refractivity contribution in [1.29, 1.82) is 0 Å². The van der Waals surface area contributed by atoms with Crippen molar-refractivity contribution in [2.45, 2.75) is 20.0 Å². The van der Waals surface area contributed by atoms with E-state index in [1.807, 2.05) is 0 Å². The molecule has 1 unspecified atom stereocenters. The molecular weight excluding hydrogens is 571 g/mol. The quantitative estimate of drug-likeness (QED) is 0.0567. The van der Waals surface area contributed by atoms with Crippen LogP contribution in [0.1, 0.15) is 13.8 Å². The molecule has 0 fully saturated rings. The highest BCUT2D eigenvalue weighted by Crippen LogP contribution is 2.33. The first-order valence-electron chi connectivity index (χ1n) is 12.2. The van der Waals surface area contributed by atoms with Crippen molar-refractivity contribution in [2.75, 3.05) is 6.61 Å². The molecule has 0 bridgehead atoms. The molecule has 0 radical (unpaired) electrons. The zero-order valence-corrected chi connectivity index (χ0v) is 21.6. The molecule has 0 N–H and O–H groups in total. The van der Waals surface area contributed by atoms with Gasteiger partial charge in [0.05, 0.1) is 12.2 Å². The Labute approximate surface area is 231 Å². The number of halogens is 5. The van der Waals surface area contributed by atoms with Crippen molar-refractivity contribution in [2.24, 2.45) is 0 Å². The summed E-state index contributed by atoms with van der Waals surface area (Å²) in [4.78, 5) is 37.8. The number of esters is 1. The second kappa shape index (κ2) is 11.0. The van der Waals surface area contributed by atoms with E-state index in [4.69, 9.17) is 18.3 Å². The van der Waals surface area contributed by atoms with Crippen LogP contribution in [-0.2, 0) is 4.79 Å². The minimum Gasteiger partial charge on any atom is -0.490 e. The lowest BCUT2D eigenvalue weighted by Gasteiger charge is -2.16. The molecule has 0 spiro atoms. The Balaban J connectivity index is 1.46. The Kier molecular flexibility index (Phi) is 7.42. The average Bonchev–Trinajstić information content (AvgIpc) is 2.96. The molecule has 2 heterocycles. The number of para-hydroxylation sites is 1. The number of fused-ring (bicyclic) bond motifs is 2. The molecule has 0 saturated carbocycles. The Bertz CT molecular complexity index is 1970. The molecule has 5 rings (SSSR count). The summed E-state index contributed by atoms with van der Waals surface area (Å²) in [5, 5.41) is 0.776. The summed E-state index contributed by atoms with van der Waals surface area (Å²) >= 11 is 0. The summed E-state index contributed by atoms with van der Waals surface area (Å²) in [6, 6.07) is 11.4. The van der Waals surface area contributed by atoms with E-state index >= 15 is 0 Å². The smallest absolute Gasteiger partial charge is 0.352 e. The first-order chi connectivity index (χ1) is 20.0. The van der Waals surface area contributed by atoms with Gasteiger partial charge in [-0.1, -0.05) is 12.1 Å². The summed E-state index contributed by atoms with van der Waals surface area (Å²) in [7, 11) is 0. The van der Waals surface area contributed by atoms with E-state index in [1.165, 1.54) is 18.2 Å². The van der Waals surface area contributed by atoms with Gasteiger partial charge >= 0.3 is 17.2 Å². The molecule has 216 valence electrons. The van der Waals surface area contributed by atoms with E-state index in [1.54, 1.807) is 25.1 Å². The Morgan fingerprint density at radius 1 is 0.857 bits per heavy atom. The van der Waals surface area contributed by atoms with Gasteiger partial charge in [0, 0.05) is 28.5 Å². The Morgan fingerprint density at radius 2 is 1.55 bits per heavy atom. The van der Waals surface area contributed by atoms with E-state index in [0.717, 1.165) is 19.1 Å². The summed E-state index contributed by atoms with van der Waals surface area (Å²) in [6.07, 6.45) is -1.84. The first-order valence-corrected chi connectivity index (χ1v) is 12.2. The number of hydrogen-bond donors (Lipinski definition) is 0. The van der Waals surface area contributed by atoms with E-state index in [2.05, 4.69) is 4.74 Å². The summed E-state index contributed by atoms with van der Waals surface area (Å²) in [6.45, 7) is 3.06. The Hall–Kier alpha value is -5.20. The van der Waals surface area contributed by atoms with Gasteiger partial charge in [0.25, 0.3) is 0 Å². The second-order valence-corrected chi connectivity index (χ2v) is 8.77. The molecule has 0 saturated heterocycles. The van der Waals surface area contributed by atoms with Gasteiger partial charge in [-0.15, -0.1) is 0 Å². The molecule has 0 aliphatic rings. The minimum absolute atomic E-state index is 0.0311. The average molecular weight is 588 g/mol. The van der Waals surface area contributed by atoms with Crippen LogP contribution in [0.5, 0.6) is 17.2 Å². The first kappa shape index (κ1) is 28.3. The second-order valence-electron chi connectivity index (χ2n) is 8.77. The van der Waals surface area contributed by atoms with E-state index in [0.29, 0.717) is 17.7 Å². The lowest BCUT2D eigenvalue weighted by Crippen LogP contribution is -2.29. The summed E-state index contributed by atoms with van der Waals surface area (Å²) in [5.41, 5.74) is -1.33. The molecule has 2 aromatic heterocycles. The number of ether oxygens (including phenoxy) is 3. The van der Waals surface area contributed by atoms with Crippen LogP contribution in [-0.4, -0.2) is 18.7 Å². The summed E-state index contributed by atoms with van der Waals surface area (Å²) < 4.78 is 94.0. The number of benzene rings is 3. The highest BCUT2D eigenvalue weighted by Gasteiger charge is 2.30. The lowest BCUT2D eigenvalue weighted by molar-refractivity contribution is -0.141. The van der Waals surface area contributed by atoms with Gasteiger partial charge in [-0.3, -0.25) is 0 Å². The van der Waals surface area contributed by atoms with Crippen molar-refractivity contribution in [3.8, 4) is 28.4 Å². The fourth-order valence-electron chi connectivity index (χ4n) is 4.12. The zero-order chi connectivity index (χ0) is 30.3. The van der Waals surface area contributed by atoms with Crippen molar-refractivity contribution in [3.63, 3.8) is 0 Å². The third-order valence-electron chi connectivity index (χ3n) is 6.04. The van der Waals surface area contributed by atoms with Crippen molar-refractivity contribution < 1.29 is 49.8 Å². The summed E-state index contributed by atoms with van der Waals surface area (Å²) in [5.74, 6) is -14.2. The Morgan fingerprint density at radius 3 is 2.24 bits per heavy atom. The van der Waals surface area contributed by atoms with Crippen LogP contribution in [0.4, 0.5) is 22.0 Å². The van der Waals surface area contributed by atoms with Gasteiger partial charge in [-0.25, -0.2) is 27.6 Å². The molecular formula is C29H17F5O8. The number of hydrogen-bond acceptors (Lipinski definition) is 8. The molecule has 0 amide bonds. The van der Waals surface area contributed by atoms with Gasteiger partial charge in [0.1, 0.15) is 11.3 Å². The van der Waals surface area contributed by atoms with Crippen molar-refractivity contribution >= 4 is 27.9 Å². The topological polar surface area (TPSA) is 105 Å². The third-order valence-corrected chi connectivity index (χ3v) is 6.04. The highest BCUT2D eigenvalue weighted by atomic mass is 19.2.